The predicted octanol–water partition coefficient (Wildman–Crippen LogP) is 3.44. The summed E-state index contributed by atoms with van der Waals surface area (Å²) in [5, 5.41) is 13.3. The third-order valence-electron chi connectivity index (χ3n) is 5.27. The van der Waals surface area contributed by atoms with E-state index in [0.29, 0.717) is 18.0 Å². The quantitative estimate of drug-likeness (QED) is 0.857. The van der Waals surface area contributed by atoms with E-state index in [1.807, 2.05) is 5.38 Å². The fourth-order valence-electron chi connectivity index (χ4n) is 3.88. The molecule has 1 aliphatic carbocycles. The molecule has 1 aliphatic heterocycles. The molecule has 0 bridgehead atoms. The number of aromatic nitrogens is 3. The van der Waals surface area contributed by atoms with E-state index in [4.69, 9.17) is 0 Å². The second-order valence-electron chi connectivity index (χ2n) is 7.03. The number of rotatable bonds is 5. The summed E-state index contributed by atoms with van der Waals surface area (Å²) in [6.45, 7) is 2.66. The van der Waals surface area contributed by atoms with Gasteiger partial charge in [0.25, 0.3) is 5.91 Å². The van der Waals surface area contributed by atoms with E-state index in [9.17, 15) is 4.79 Å². The van der Waals surface area contributed by atoms with E-state index in [2.05, 4.69) is 25.4 Å². The number of carbonyl (C=O) groups excluding carboxylic acids is 1. The average molecular weight is 359 g/mol. The first-order valence-corrected chi connectivity index (χ1v) is 10.2. The summed E-state index contributed by atoms with van der Waals surface area (Å²) in [6.07, 6.45) is 10.2. The van der Waals surface area contributed by atoms with Gasteiger partial charge >= 0.3 is 0 Å². The molecular weight excluding hydrogens is 334 g/mol. The van der Waals surface area contributed by atoms with E-state index in [1.54, 1.807) is 17.5 Å². The molecule has 2 aliphatic rings. The molecule has 1 saturated carbocycles. The lowest BCUT2D eigenvalue weighted by Gasteiger charge is -2.21. The fourth-order valence-corrected chi connectivity index (χ4v) is 4.76. The first-order valence-electron chi connectivity index (χ1n) is 9.32. The van der Waals surface area contributed by atoms with Crippen LogP contribution >= 0.6 is 11.3 Å². The molecule has 2 N–H and O–H groups in total. The summed E-state index contributed by atoms with van der Waals surface area (Å²) in [5.74, 6) is 0.392. The molecule has 134 valence electrons. The molecule has 7 heteroatoms. The third-order valence-corrected chi connectivity index (χ3v) is 6.22. The number of H-pyrrole nitrogens is 1. The summed E-state index contributed by atoms with van der Waals surface area (Å²) in [4.78, 5) is 19.6. The number of nitrogens with one attached hydrogen (secondary N) is 2. The number of hydrogen-bond donors (Lipinski definition) is 2. The summed E-state index contributed by atoms with van der Waals surface area (Å²) >= 11 is 1.67. The summed E-state index contributed by atoms with van der Waals surface area (Å²) < 4.78 is 0. The van der Waals surface area contributed by atoms with Crippen LogP contribution in [0.25, 0.3) is 0 Å². The van der Waals surface area contributed by atoms with Crippen molar-refractivity contribution in [2.75, 3.05) is 18.0 Å². The maximum absolute atomic E-state index is 12.6. The number of amides is 1. The molecule has 0 unspecified atom stereocenters. The third kappa shape index (κ3) is 3.71. The van der Waals surface area contributed by atoms with E-state index >= 15 is 0 Å². The zero-order valence-electron chi connectivity index (χ0n) is 14.5. The Hall–Kier alpha value is -1.89. The van der Waals surface area contributed by atoms with Crippen LogP contribution < -0.4 is 10.2 Å². The van der Waals surface area contributed by atoms with Crippen LogP contribution in [0.2, 0.25) is 0 Å². The highest BCUT2D eigenvalue weighted by atomic mass is 32.1. The largest absolute Gasteiger partial charge is 0.348 e. The molecule has 0 radical (unpaired) electrons. The van der Waals surface area contributed by atoms with Crippen LogP contribution in [0.3, 0.4) is 0 Å². The van der Waals surface area contributed by atoms with Crippen molar-refractivity contribution in [2.24, 2.45) is 0 Å². The lowest BCUT2D eigenvalue weighted by Crippen LogP contribution is -2.24. The highest BCUT2D eigenvalue weighted by molar-refractivity contribution is 7.13. The standard InChI is InChI=1S/C18H25N5OS/c24-17(15-11-20-22-16(15)13-6-2-1-3-7-13)19-10-14-12-25-18(21-14)23-8-4-5-9-23/h11-13H,1-10H2,(H,19,24)(H,20,22). The maximum Gasteiger partial charge on any atom is 0.255 e. The van der Waals surface area contributed by atoms with Gasteiger partial charge in [-0.25, -0.2) is 4.98 Å². The van der Waals surface area contributed by atoms with Crippen LogP contribution in [0.15, 0.2) is 11.6 Å². The zero-order chi connectivity index (χ0) is 17.1. The van der Waals surface area contributed by atoms with Crippen molar-refractivity contribution < 1.29 is 4.79 Å². The molecule has 1 amide bonds. The molecule has 25 heavy (non-hydrogen) atoms. The summed E-state index contributed by atoms with van der Waals surface area (Å²) in [5.41, 5.74) is 2.64. The first kappa shape index (κ1) is 16.6. The molecule has 0 atom stereocenters. The number of hydrogen-bond acceptors (Lipinski definition) is 5. The van der Waals surface area contributed by atoms with Crippen LogP contribution in [-0.2, 0) is 6.54 Å². The van der Waals surface area contributed by atoms with Gasteiger partial charge in [-0.1, -0.05) is 19.3 Å². The normalized spacial score (nSPS) is 18.6. The van der Waals surface area contributed by atoms with Crippen molar-refractivity contribution in [2.45, 2.75) is 57.4 Å². The highest BCUT2D eigenvalue weighted by Crippen LogP contribution is 2.33. The van der Waals surface area contributed by atoms with Crippen molar-refractivity contribution >= 4 is 22.4 Å². The van der Waals surface area contributed by atoms with Crippen LogP contribution in [0, 0.1) is 0 Å². The van der Waals surface area contributed by atoms with Gasteiger partial charge in [0.15, 0.2) is 5.13 Å². The number of carbonyl (C=O) groups is 1. The van der Waals surface area contributed by atoms with Gasteiger partial charge in [0, 0.05) is 24.4 Å². The minimum atomic E-state index is -0.0509. The van der Waals surface area contributed by atoms with Crippen molar-refractivity contribution in [3.63, 3.8) is 0 Å². The SMILES string of the molecule is O=C(NCc1csc(N2CCCC2)n1)c1cn[nH]c1C1CCCCC1. The lowest BCUT2D eigenvalue weighted by atomic mass is 9.85. The molecule has 0 spiro atoms. The molecule has 3 heterocycles. The molecule has 2 aromatic rings. The molecule has 6 nitrogen and oxygen atoms in total. The first-order chi connectivity index (χ1) is 12.3. The van der Waals surface area contributed by atoms with Crippen molar-refractivity contribution in [3.05, 3.63) is 28.5 Å². The van der Waals surface area contributed by atoms with Gasteiger partial charge in [0.05, 0.1) is 29.7 Å². The highest BCUT2D eigenvalue weighted by Gasteiger charge is 2.23. The second-order valence-corrected chi connectivity index (χ2v) is 7.87. The van der Waals surface area contributed by atoms with Gasteiger partial charge in [0.1, 0.15) is 0 Å². The Kier molecular flexibility index (Phi) is 5.01. The Bertz CT molecular complexity index is 713. The fraction of sp³-hybridized carbons (Fsp3) is 0.611. The maximum atomic E-state index is 12.6. The molecule has 4 rings (SSSR count). The Morgan fingerprint density at radius 2 is 2.04 bits per heavy atom. The minimum absolute atomic E-state index is 0.0509. The van der Waals surface area contributed by atoms with Crippen LogP contribution in [0.5, 0.6) is 0 Å². The molecule has 0 aromatic carbocycles. The van der Waals surface area contributed by atoms with Crippen LogP contribution in [-0.4, -0.2) is 34.2 Å². The van der Waals surface area contributed by atoms with Crippen molar-refractivity contribution in [1.82, 2.24) is 20.5 Å². The number of nitrogens with zero attached hydrogens (tertiary/aromatic N) is 3. The Balaban J connectivity index is 1.37. The van der Waals surface area contributed by atoms with Gasteiger partial charge in [-0.15, -0.1) is 11.3 Å². The van der Waals surface area contributed by atoms with Crippen LogP contribution in [0.4, 0.5) is 5.13 Å². The van der Waals surface area contributed by atoms with Crippen molar-refractivity contribution in [3.8, 4) is 0 Å². The molecule has 2 aromatic heterocycles. The van der Waals surface area contributed by atoms with Gasteiger partial charge in [-0.05, 0) is 25.7 Å². The van der Waals surface area contributed by atoms with E-state index in [0.717, 1.165) is 42.5 Å². The molecular formula is C18H25N5OS. The Morgan fingerprint density at radius 3 is 2.84 bits per heavy atom. The van der Waals surface area contributed by atoms with Gasteiger partial charge in [-0.2, -0.15) is 5.10 Å². The van der Waals surface area contributed by atoms with E-state index < -0.39 is 0 Å². The van der Waals surface area contributed by atoms with Gasteiger partial charge in [-0.3, -0.25) is 9.89 Å². The van der Waals surface area contributed by atoms with Crippen LogP contribution in [0.1, 0.15) is 72.6 Å². The number of anilines is 1. The summed E-state index contributed by atoms with van der Waals surface area (Å²) in [6, 6.07) is 0. The second kappa shape index (κ2) is 7.56. The smallest absolute Gasteiger partial charge is 0.255 e. The predicted molar refractivity (Wildman–Crippen MR) is 99.1 cm³/mol. The minimum Gasteiger partial charge on any atom is -0.348 e. The topological polar surface area (TPSA) is 73.9 Å². The summed E-state index contributed by atoms with van der Waals surface area (Å²) in [7, 11) is 0. The van der Waals surface area contributed by atoms with Gasteiger partial charge < -0.3 is 10.2 Å². The van der Waals surface area contributed by atoms with Crippen molar-refractivity contribution in [1.29, 1.82) is 0 Å². The zero-order valence-corrected chi connectivity index (χ0v) is 15.3. The van der Waals surface area contributed by atoms with E-state index in [-0.39, 0.29) is 5.91 Å². The monoisotopic (exact) mass is 359 g/mol. The van der Waals surface area contributed by atoms with E-state index in [1.165, 1.54) is 32.1 Å². The molecule has 1 saturated heterocycles. The Morgan fingerprint density at radius 1 is 1.24 bits per heavy atom. The number of aromatic amines is 1. The average Bonchev–Trinajstić information content (AvgIpc) is 3.41. The Labute approximate surface area is 152 Å². The molecule has 2 fully saturated rings. The number of thiazole rings is 1. The van der Waals surface area contributed by atoms with Gasteiger partial charge in [0.2, 0.25) is 0 Å². The lowest BCUT2D eigenvalue weighted by molar-refractivity contribution is 0.0949.